The summed E-state index contributed by atoms with van der Waals surface area (Å²) in [5.41, 5.74) is 2.48. The number of amides is 1. The van der Waals surface area contributed by atoms with E-state index < -0.39 is 0 Å². The molecule has 0 saturated heterocycles. The average molecular weight is 324 g/mol. The molecule has 0 aliphatic carbocycles. The van der Waals surface area contributed by atoms with Crippen LogP contribution in [0.2, 0.25) is 4.47 Å². The molecule has 112 valence electrons. The number of hydrogen-bond acceptors (Lipinski definition) is 4. The van der Waals surface area contributed by atoms with Crippen molar-refractivity contribution in [2.24, 2.45) is 0 Å². The summed E-state index contributed by atoms with van der Waals surface area (Å²) >= 11 is 6.80. The van der Waals surface area contributed by atoms with Crippen LogP contribution in [0.15, 0.2) is 24.3 Å². The maximum absolute atomic E-state index is 12.2. The van der Waals surface area contributed by atoms with Crippen LogP contribution < -0.4 is 0 Å². The number of carbonyl (C=O) groups is 1. The molecule has 1 amide bonds. The van der Waals surface area contributed by atoms with Crippen molar-refractivity contribution in [3.05, 3.63) is 44.9 Å². The van der Waals surface area contributed by atoms with Crippen molar-refractivity contribution in [3.8, 4) is 0 Å². The first-order chi connectivity index (χ1) is 9.77. The van der Waals surface area contributed by atoms with Gasteiger partial charge < -0.3 is 4.90 Å². The number of carbonyl (C=O) groups excluding carboxylic acids is 1. The molecule has 0 aliphatic heterocycles. The average Bonchev–Trinajstić information content (AvgIpc) is 2.84. The third kappa shape index (κ3) is 4.02. The molecule has 6 heteroatoms. The number of hydrogen-bond donors (Lipinski definition) is 0. The zero-order valence-corrected chi connectivity index (χ0v) is 14.1. The normalized spacial score (nSPS) is 11.5. The minimum atomic E-state index is -0.167. The van der Waals surface area contributed by atoms with Crippen molar-refractivity contribution >= 4 is 28.8 Å². The van der Waals surface area contributed by atoms with Gasteiger partial charge in [0.2, 0.25) is 9.47 Å². The third-order valence-electron chi connectivity index (χ3n) is 3.17. The van der Waals surface area contributed by atoms with E-state index in [9.17, 15) is 4.79 Å². The SMILES string of the molecule is CN(Cc1ccc(C(C)(C)C)cc1)C(=O)c1nnc(Cl)s1. The summed E-state index contributed by atoms with van der Waals surface area (Å²) in [6, 6.07) is 8.32. The fourth-order valence-electron chi connectivity index (χ4n) is 1.91. The first kappa shape index (κ1) is 15.9. The van der Waals surface area contributed by atoms with Crippen molar-refractivity contribution in [2.45, 2.75) is 32.7 Å². The van der Waals surface area contributed by atoms with E-state index in [1.165, 1.54) is 5.56 Å². The smallest absolute Gasteiger partial charge is 0.284 e. The number of halogens is 1. The minimum Gasteiger partial charge on any atom is -0.335 e. The maximum Gasteiger partial charge on any atom is 0.284 e. The van der Waals surface area contributed by atoms with Crippen LogP contribution >= 0.6 is 22.9 Å². The van der Waals surface area contributed by atoms with Gasteiger partial charge in [0.15, 0.2) is 0 Å². The molecule has 0 atom stereocenters. The zero-order chi connectivity index (χ0) is 15.6. The van der Waals surface area contributed by atoms with Gasteiger partial charge in [-0.3, -0.25) is 4.79 Å². The van der Waals surface area contributed by atoms with Gasteiger partial charge in [-0.2, -0.15) is 0 Å². The Kier molecular flexibility index (Phi) is 4.64. The molecule has 4 nitrogen and oxygen atoms in total. The van der Waals surface area contributed by atoms with E-state index in [1.807, 2.05) is 0 Å². The highest BCUT2D eigenvalue weighted by Gasteiger charge is 2.17. The lowest BCUT2D eigenvalue weighted by molar-refractivity contribution is 0.0784. The number of benzene rings is 1. The summed E-state index contributed by atoms with van der Waals surface area (Å²) in [6.45, 7) is 7.06. The molecule has 1 aromatic heterocycles. The molecule has 1 aromatic carbocycles. The highest BCUT2D eigenvalue weighted by molar-refractivity contribution is 7.17. The van der Waals surface area contributed by atoms with E-state index in [-0.39, 0.29) is 15.8 Å². The van der Waals surface area contributed by atoms with Crippen molar-refractivity contribution < 1.29 is 4.79 Å². The first-order valence-corrected chi connectivity index (χ1v) is 7.80. The Balaban J connectivity index is 2.06. The molecular formula is C15H18ClN3OS. The second-order valence-corrected chi connectivity index (χ2v) is 7.53. The van der Waals surface area contributed by atoms with Crippen molar-refractivity contribution in [1.82, 2.24) is 15.1 Å². The van der Waals surface area contributed by atoms with Crippen molar-refractivity contribution in [3.63, 3.8) is 0 Å². The lowest BCUT2D eigenvalue weighted by Gasteiger charge is -2.20. The summed E-state index contributed by atoms with van der Waals surface area (Å²) < 4.78 is 0.279. The largest absolute Gasteiger partial charge is 0.335 e. The van der Waals surface area contributed by atoms with Gasteiger partial charge in [-0.1, -0.05) is 56.4 Å². The molecule has 2 rings (SSSR count). The standard InChI is InChI=1S/C15H18ClN3OS/c1-15(2,3)11-7-5-10(6-8-11)9-19(4)13(20)12-17-18-14(16)21-12/h5-8H,9H2,1-4H3. The summed E-state index contributed by atoms with van der Waals surface area (Å²) in [5, 5.41) is 7.74. The van der Waals surface area contributed by atoms with Crippen LogP contribution in [0.3, 0.4) is 0 Å². The quantitative estimate of drug-likeness (QED) is 0.864. The number of nitrogens with zero attached hydrogens (tertiary/aromatic N) is 3. The molecule has 0 aliphatic rings. The fourth-order valence-corrected chi connectivity index (χ4v) is 2.73. The molecule has 0 unspecified atom stereocenters. The van der Waals surface area contributed by atoms with Gasteiger partial charge in [-0.15, -0.1) is 10.2 Å². The van der Waals surface area contributed by atoms with Crippen LogP contribution in [-0.2, 0) is 12.0 Å². The Morgan fingerprint density at radius 3 is 2.33 bits per heavy atom. The second kappa shape index (κ2) is 6.12. The molecule has 0 saturated carbocycles. The topological polar surface area (TPSA) is 46.1 Å². The predicted octanol–water partition coefficient (Wildman–Crippen LogP) is 3.76. The Bertz CT molecular complexity index is 631. The number of rotatable bonds is 3. The van der Waals surface area contributed by atoms with E-state index in [0.29, 0.717) is 11.6 Å². The third-order valence-corrected chi connectivity index (χ3v) is 4.18. The summed E-state index contributed by atoms with van der Waals surface area (Å²) in [7, 11) is 1.75. The molecule has 0 N–H and O–H groups in total. The first-order valence-electron chi connectivity index (χ1n) is 6.61. The Labute approximate surface area is 133 Å². The molecule has 21 heavy (non-hydrogen) atoms. The number of aromatic nitrogens is 2. The van der Waals surface area contributed by atoms with Gasteiger partial charge in [0, 0.05) is 13.6 Å². The predicted molar refractivity (Wildman–Crippen MR) is 85.9 cm³/mol. The Hall–Kier alpha value is -1.46. The van der Waals surface area contributed by atoms with E-state index in [0.717, 1.165) is 16.9 Å². The molecule has 0 bridgehead atoms. The fraction of sp³-hybridized carbons (Fsp3) is 0.400. The monoisotopic (exact) mass is 323 g/mol. The van der Waals surface area contributed by atoms with Crippen LogP contribution in [0.25, 0.3) is 0 Å². The molecule has 0 spiro atoms. The van der Waals surface area contributed by atoms with Crippen LogP contribution in [-0.4, -0.2) is 28.1 Å². The zero-order valence-electron chi connectivity index (χ0n) is 12.6. The summed E-state index contributed by atoms with van der Waals surface area (Å²) in [4.78, 5) is 13.8. The van der Waals surface area contributed by atoms with Crippen molar-refractivity contribution in [1.29, 1.82) is 0 Å². The molecular weight excluding hydrogens is 306 g/mol. The van der Waals surface area contributed by atoms with E-state index in [2.05, 4.69) is 55.2 Å². The molecule has 0 fully saturated rings. The van der Waals surface area contributed by atoms with Gasteiger partial charge >= 0.3 is 0 Å². The molecule has 0 radical (unpaired) electrons. The highest BCUT2D eigenvalue weighted by Crippen LogP contribution is 2.23. The second-order valence-electron chi connectivity index (χ2n) is 5.97. The maximum atomic E-state index is 12.2. The van der Waals surface area contributed by atoms with Gasteiger partial charge in [0.1, 0.15) is 0 Å². The van der Waals surface area contributed by atoms with E-state index in [4.69, 9.17) is 11.6 Å². The summed E-state index contributed by atoms with van der Waals surface area (Å²) in [6.07, 6.45) is 0. The lowest BCUT2D eigenvalue weighted by atomic mass is 9.87. The van der Waals surface area contributed by atoms with Crippen LogP contribution in [0, 0.1) is 0 Å². The van der Waals surface area contributed by atoms with Gasteiger partial charge in [0.05, 0.1) is 0 Å². The van der Waals surface area contributed by atoms with Crippen LogP contribution in [0.5, 0.6) is 0 Å². The lowest BCUT2D eigenvalue weighted by Crippen LogP contribution is -2.26. The Morgan fingerprint density at radius 1 is 1.24 bits per heavy atom. The van der Waals surface area contributed by atoms with Gasteiger partial charge in [0.25, 0.3) is 5.91 Å². The van der Waals surface area contributed by atoms with Gasteiger partial charge in [-0.25, -0.2) is 0 Å². The Morgan fingerprint density at radius 2 is 1.86 bits per heavy atom. The van der Waals surface area contributed by atoms with Crippen LogP contribution in [0.1, 0.15) is 41.7 Å². The van der Waals surface area contributed by atoms with Gasteiger partial charge in [-0.05, 0) is 28.1 Å². The summed E-state index contributed by atoms with van der Waals surface area (Å²) in [5.74, 6) is -0.167. The molecule has 2 aromatic rings. The van der Waals surface area contributed by atoms with Crippen LogP contribution in [0.4, 0.5) is 0 Å². The van der Waals surface area contributed by atoms with E-state index in [1.54, 1.807) is 11.9 Å². The molecule has 1 heterocycles. The van der Waals surface area contributed by atoms with Crippen molar-refractivity contribution in [2.75, 3.05) is 7.05 Å². The minimum absolute atomic E-state index is 0.129. The highest BCUT2D eigenvalue weighted by atomic mass is 35.5. The van der Waals surface area contributed by atoms with E-state index >= 15 is 0 Å².